The Kier molecular flexibility index (Phi) is 6.22. The minimum absolute atomic E-state index is 0.158. The second-order valence-corrected chi connectivity index (χ2v) is 14.4. The number of allylic oxidation sites excluding steroid dienone is 1. The van der Waals surface area contributed by atoms with E-state index in [0.29, 0.717) is 40.3 Å². The van der Waals surface area contributed by atoms with Crippen molar-refractivity contribution in [2.24, 2.45) is 4.99 Å². The maximum absolute atomic E-state index is 12.5. The molecule has 218 valence electrons. The van der Waals surface area contributed by atoms with E-state index < -0.39 is 33.3 Å². The van der Waals surface area contributed by atoms with Gasteiger partial charge in [0.25, 0.3) is 10.1 Å². The summed E-state index contributed by atoms with van der Waals surface area (Å²) in [5.41, 5.74) is 5.47. The highest BCUT2D eigenvalue weighted by Gasteiger charge is 2.36. The lowest BCUT2D eigenvalue weighted by Gasteiger charge is -2.39. The maximum atomic E-state index is 12.5. The number of benzene rings is 3. The van der Waals surface area contributed by atoms with Gasteiger partial charge < -0.3 is 15.2 Å². The second-order valence-electron chi connectivity index (χ2n) is 12.9. The van der Waals surface area contributed by atoms with Crippen molar-refractivity contribution in [3.05, 3.63) is 92.5 Å². The summed E-state index contributed by atoms with van der Waals surface area (Å²) in [6.45, 7) is 11.9. The minimum Gasteiger partial charge on any atom is -0.478 e. The molecule has 0 saturated heterocycles. The van der Waals surface area contributed by atoms with Crippen LogP contribution in [0.5, 0.6) is 11.5 Å². The Bertz CT molecular complexity index is 1970. The van der Waals surface area contributed by atoms with Crippen LogP contribution in [-0.2, 0) is 10.1 Å². The molecule has 9 heteroatoms. The number of aryl methyl sites for hydroxylation is 1. The van der Waals surface area contributed by atoms with Crippen molar-refractivity contribution in [1.82, 2.24) is 0 Å². The Balaban J connectivity index is 1.71. The predicted molar refractivity (Wildman–Crippen MR) is 163 cm³/mol. The number of aromatic carboxylic acids is 1. The van der Waals surface area contributed by atoms with Gasteiger partial charge in [0.15, 0.2) is 0 Å². The molecule has 1 unspecified atom stereocenters. The molecule has 3 aliphatic rings. The summed E-state index contributed by atoms with van der Waals surface area (Å²) in [5, 5.41) is 15.3. The van der Waals surface area contributed by atoms with Gasteiger partial charge in [0.05, 0.1) is 22.2 Å². The first-order valence-corrected chi connectivity index (χ1v) is 15.5. The monoisotopic (exact) mass is 586 g/mol. The van der Waals surface area contributed by atoms with Crippen molar-refractivity contribution in [1.29, 1.82) is 0 Å². The smallest absolute Gasteiger partial charge is 0.336 e. The molecular formula is C33H34N2O6S. The van der Waals surface area contributed by atoms with Crippen molar-refractivity contribution in [3.8, 4) is 11.5 Å². The number of nitrogens with zero attached hydrogens (tertiary/aromatic N) is 1. The van der Waals surface area contributed by atoms with Crippen LogP contribution in [0.25, 0.3) is 11.1 Å². The third-order valence-corrected chi connectivity index (χ3v) is 8.99. The third-order valence-electron chi connectivity index (χ3n) is 8.17. The van der Waals surface area contributed by atoms with Gasteiger partial charge >= 0.3 is 5.97 Å². The van der Waals surface area contributed by atoms with E-state index in [4.69, 9.17) is 9.73 Å². The molecule has 3 aromatic carbocycles. The van der Waals surface area contributed by atoms with Crippen LogP contribution < -0.4 is 20.6 Å². The van der Waals surface area contributed by atoms with E-state index in [9.17, 15) is 22.9 Å². The van der Waals surface area contributed by atoms with E-state index in [2.05, 4.69) is 11.4 Å². The highest BCUT2D eigenvalue weighted by atomic mass is 32.2. The molecule has 6 rings (SSSR count). The molecule has 3 aliphatic heterocycles. The van der Waals surface area contributed by atoms with E-state index in [1.165, 1.54) is 0 Å². The average Bonchev–Trinajstić information content (AvgIpc) is 2.83. The molecule has 0 fully saturated rings. The molecule has 0 amide bonds. The minimum atomic E-state index is -4.26. The third kappa shape index (κ3) is 5.01. The van der Waals surface area contributed by atoms with Gasteiger partial charge in [0.2, 0.25) is 0 Å². The largest absolute Gasteiger partial charge is 0.478 e. The Morgan fingerprint density at radius 2 is 1.76 bits per heavy atom. The summed E-state index contributed by atoms with van der Waals surface area (Å²) < 4.78 is 40.4. The SMILES string of the molecule is CC1=CC(C)(C)N=c2cc3c(cc21)=C(c1ccc(C)cc1C(=O)O)c1cc2c(cc1O3)NC(C)(C)CC2CS(=O)(=O)O. The van der Waals surface area contributed by atoms with Crippen LogP contribution in [0, 0.1) is 6.92 Å². The number of hydrogen-bond acceptors (Lipinski definition) is 6. The van der Waals surface area contributed by atoms with E-state index in [1.807, 2.05) is 77.9 Å². The van der Waals surface area contributed by atoms with Gasteiger partial charge in [-0.25, -0.2) is 4.79 Å². The van der Waals surface area contributed by atoms with Crippen LogP contribution in [0.15, 0.2) is 53.5 Å². The molecule has 3 aromatic rings. The molecule has 0 aromatic heterocycles. The number of rotatable bonds is 4. The second kappa shape index (κ2) is 9.28. The van der Waals surface area contributed by atoms with Crippen LogP contribution in [-0.4, -0.2) is 40.9 Å². The maximum Gasteiger partial charge on any atom is 0.336 e. The predicted octanol–water partition coefficient (Wildman–Crippen LogP) is 5.43. The number of nitrogens with one attached hydrogen (secondary N) is 1. The number of ether oxygens (including phenoxy) is 1. The molecule has 3 N–H and O–H groups in total. The summed E-state index contributed by atoms with van der Waals surface area (Å²) in [4.78, 5) is 17.5. The zero-order valence-electron chi connectivity index (χ0n) is 24.5. The van der Waals surface area contributed by atoms with Crippen LogP contribution in [0.3, 0.4) is 0 Å². The number of anilines is 1. The standard InChI is InChI=1S/C33H34N2O6S/c1-17-7-8-20(23(9-17)31(36)37)30-24-10-21-18(2)14-32(3,4)34-26(21)12-28(24)41-29-13-27-22(11-25(29)30)19(16-42(38,39)40)15-33(5,6)35-27/h7-14,19,35H,15-16H2,1-6H3,(H,36,37)(H,38,39,40). The van der Waals surface area contributed by atoms with Gasteiger partial charge in [0, 0.05) is 51.2 Å². The van der Waals surface area contributed by atoms with Gasteiger partial charge in [-0.15, -0.1) is 0 Å². The first kappa shape index (κ1) is 28.2. The molecule has 3 heterocycles. The Morgan fingerprint density at radius 1 is 1.02 bits per heavy atom. The van der Waals surface area contributed by atoms with E-state index in [-0.39, 0.29) is 11.1 Å². The molecule has 8 nitrogen and oxygen atoms in total. The van der Waals surface area contributed by atoms with Crippen molar-refractivity contribution < 1.29 is 27.6 Å². The number of carbonyl (C=O) groups is 1. The lowest BCUT2D eigenvalue weighted by molar-refractivity contribution is 0.0696. The molecular weight excluding hydrogens is 552 g/mol. The summed E-state index contributed by atoms with van der Waals surface area (Å²) >= 11 is 0. The first-order valence-electron chi connectivity index (χ1n) is 13.9. The van der Waals surface area contributed by atoms with E-state index in [1.54, 1.807) is 6.07 Å². The number of carboxylic acids is 1. The molecule has 0 bridgehead atoms. The van der Waals surface area contributed by atoms with Crippen molar-refractivity contribution in [2.45, 2.75) is 65.0 Å². The van der Waals surface area contributed by atoms with Crippen LogP contribution in [0.1, 0.15) is 85.1 Å². The summed E-state index contributed by atoms with van der Waals surface area (Å²) in [6, 6.07) is 13.0. The molecule has 0 aliphatic carbocycles. The molecule has 42 heavy (non-hydrogen) atoms. The van der Waals surface area contributed by atoms with Crippen LogP contribution in [0.2, 0.25) is 0 Å². The molecule has 1 atom stereocenters. The Labute approximate surface area is 245 Å². The van der Waals surface area contributed by atoms with Crippen LogP contribution >= 0.6 is 0 Å². The van der Waals surface area contributed by atoms with E-state index in [0.717, 1.165) is 32.8 Å². The fourth-order valence-electron chi connectivity index (χ4n) is 6.68. The topological polar surface area (TPSA) is 125 Å². The quantitative estimate of drug-likeness (QED) is 0.273. The molecule has 0 radical (unpaired) electrons. The van der Waals surface area contributed by atoms with Gasteiger partial charge in [-0.05, 0) is 82.9 Å². The first-order chi connectivity index (χ1) is 19.5. The summed E-state index contributed by atoms with van der Waals surface area (Å²) in [6.07, 6.45) is 2.59. The zero-order chi connectivity index (χ0) is 30.4. The zero-order valence-corrected chi connectivity index (χ0v) is 25.3. The fraction of sp³-hybridized carbons (Fsp3) is 0.333. The van der Waals surface area contributed by atoms with Crippen molar-refractivity contribution in [2.75, 3.05) is 11.1 Å². The number of carboxylic acid groups (broad SMARTS) is 1. The highest BCUT2D eigenvalue weighted by Crippen LogP contribution is 2.47. The summed E-state index contributed by atoms with van der Waals surface area (Å²) in [5.74, 6) is -0.868. The van der Waals surface area contributed by atoms with Crippen LogP contribution in [0.4, 0.5) is 5.69 Å². The normalized spacial score (nSPS) is 19.5. The van der Waals surface area contributed by atoms with Crippen molar-refractivity contribution >= 4 is 32.9 Å². The van der Waals surface area contributed by atoms with E-state index >= 15 is 0 Å². The lowest BCUT2D eigenvalue weighted by Crippen LogP contribution is -2.39. The van der Waals surface area contributed by atoms with Gasteiger partial charge in [-0.3, -0.25) is 9.55 Å². The van der Waals surface area contributed by atoms with Gasteiger partial charge in [-0.2, -0.15) is 8.42 Å². The lowest BCUT2D eigenvalue weighted by atomic mass is 9.79. The Hall–Kier alpha value is -3.95. The number of fused-ring (bicyclic) bond motifs is 4. The average molecular weight is 587 g/mol. The highest BCUT2D eigenvalue weighted by molar-refractivity contribution is 7.85. The number of hydrogen-bond donors (Lipinski definition) is 3. The summed E-state index contributed by atoms with van der Waals surface area (Å²) in [7, 11) is -4.26. The van der Waals surface area contributed by atoms with Gasteiger partial charge in [0.1, 0.15) is 11.5 Å². The molecule has 0 saturated carbocycles. The Morgan fingerprint density at radius 3 is 2.45 bits per heavy atom. The van der Waals surface area contributed by atoms with Gasteiger partial charge in [-0.1, -0.05) is 23.8 Å². The fourth-order valence-corrected chi connectivity index (χ4v) is 7.49. The van der Waals surface area contributed by atoms with Crippen molar-refractivity contribution in [3.63, 3.8) is 0 Å². The molecule has 0 spiro atoms.